The Morgan fingerprint density at radius 3 is 2.26 bits per heavy atom. The largest absolute Gasteiger partial charge is 0.465 e. The smallest absolute Gasteiger partial charge is 0.342 e. The van der Waals surface area contributed by atoms with Crippen LogP contribution in [0.4, 0.5) is 5.69 Å². The summed E-state index contributed by atoms with van der Waals surface area (Å²) in [4.78, 5) is 24.4. The molecule has 2 aromatic rings. The summed E-state index contributed by atoms with van der Waals surface area (Å²) in [6, 6.07) is 7.13. The Hall–Kier alpha value is -2.08. The number of anilines is 1. The average Bonchev–Trinajstić information content (AvgIpc) is 2.74. The highest BCUT2D eigenvalue weighted by molar-refractivity contribution is 9.10. The van der Waals surface area contributed by atoms with Crippen LogP contribution < -0.4 is 5.32 Å². The van der Waals surface area contributed by atoms with Crippen LogP contribution in [0.25, 0.3) is 0 Å². The van der Waals surface area contributed by atoms with E-state index >= 15 is 0 Å². The molecule has 0 saturated carbocycles. The number of halogens is 1. The van der Waals surface area contributed by atoms with Gasteiger partial charge in [0.2, 0.25) is 0 Å². The Kier molecular flexibility index (Phi) is 5.26. The number of esters is 1. The van der Waals surface area contributed by atoms with Crippen molar-refractivity contribution in [3.63, 3.8) is 0 Å². The van der Waals surface area contributed by atoms with Crippen molar-refractivity contribution < 1.29 is 18.7 Å². The van der Waals surface area contributed by atoms with Crippen LogP contribution in [0.2, 0.25) is 0 Å². The van der Waals surface area contributed by atoms with Gasteiger partial charge in [-0.2, -0.15) is 0 Å². The summed E-state index contributed by atoms with van der Waals surface area (Å²) in [5.41, 5.74) is 1.74. The third-order valence-electron chi connectivity index (χ3n) is 3.53. The van der Waals surface area contributed by atoms with Gasteiger partial charge in [0, 0.05) is 15.7 Å². The van der Waals surface area contributed by atoms with Crippen LogP contribution in [-0.4, -0.2) is 18.0 Å². The summed E-state index contributed by atoms with van der Waals surface area (Å²) in [5.74, 6) is 0.207. The van der Waals surface area contributed by atoms with Crippen molar-refractivity contribution in [3.8, 4) is 0 Å². The number of hydrogen-bond acceptors (Lipinski definition) is 4. The van der Waals surface area contributed by atoms with Crippen LogP contribution in [0.3, 0.4) is 0 Å². The lowest BCUT2D eigenvalue weighted by Crippen LogP contribution is -2.30. The molecule has 0 aliphatic carbocycles. The predicted octanol–water partition coefficient (Wildman–Crippen LogP) is 4.15. The molecular formula is C17H18BrNO4. The van der Waals surface area contributed by atoms with Crippen LogP contribution >= 0.6 is 15.9 Å². The summed E-state index contributed by atoms with van der Waals surface area (Å²) >= 11 is 3.32. The maximum absolute atomic E-state index is 12.2. The minimum atomic E-state index is -0.917. The summed E-state index contributed by atoms with van der Waals surface area (Å²) < 4.78 is 11.6. The average molecular weight is 380 g/mol. The van der Waals surface area contributed by atoms with E-state index in [4.69, 9.17) is 9.15 Å². The Balaban J connectivity index is 2.03. The van der Waals surface area contributed by atoms with E-state index in [0.29, 0.717) is 22.8 Å². The number of carbonyl (C=O) groups excluding carboxylic acids is 2. The van der Waals surface area contributed by atoms with Gasteiger partial charge in [0.1, 0.15) is 17.1 Å². The first-order chi connectivity index (χ1) is 10.8. The number of nitrogens with one attached hydrogen (secondary N) is 1. The van der Waals surface area contributed by atoms with Crippen molar-refractivity contribution >= 4 is 33.5 Å². The molecule has 1 aromatic carbocycles. The number of benzene rings is 1. The van der Waals surface area contributed by atoms with Gasteiger partial charge in [-0.15, -0.1) is 0 Å². The standard InChI is InChI=1S/C17H18BrNO4/c1-9-10(2)22-11(3)15(9)17(21)23-12(4)16(20)19-14-7-5-13(18)6-8-14/h5-8,12H,1-4H3,(H,19,20). The Labute approximate surface area is 143 Å². The van der Waals surface area contributed by atoms with E-state index in [-0.39, 0.29) is 0 Å². The summed E-state index contributed by atoms with van der Waals surface area (Å²) in [6.07, 6.45) is -0.917. The van der Waals surface area contributed by atoms with E-state index in [1.807, 2.05) is 12.1 Å². The Morgan fingerprint density at radius 1 is 1.13 bits per heavy atom. The van der Waals surface area contributed by atoms with E-state index in [1.165, 1.54) is 6.92 Å². The molecule has 1 aromatic heterocycles. The van der Waals surface area contributed by atoms with Gasteiger partial charge in [-0.05, 0) is 52.0 Å². The molecule has 0 fully saturated rings. The number of amides is 1. The molecule has 2 rings (SSSR count). The second-order valence-corrected chi connectivity index (χ2v) is 6.17. The monoisotopic (exact) mass is 379 g/mol. The molecule has 23 heavy (non-hydrogen) atoms. The molecule has 0 spiro atoms. The number of ether oxygens (including phenoxy) is 1. The quantitative estimate of drug-likeness (QED) is 0.810. The lowest BCUT2D eigenvalue weighted by molar-refractivity contribution is -0.123. The van der Waals surface area contributed by atoms with Crippen molar-refractivity contribution in [2.24, 2.45) is 0 Å². The molecule has 0 radical (unpaired) electrons. The summed E-state index contributed by atoms with van der Waals surface area (Å²) in [5, 5.41) is 2.70. The maximum Gasteiger partial charge on any atom is 0.342 e. The summed E-state index contributed by atoms with van der Waals surface area (Å²) in [7, 11) is 0. The molecule has 0 aliphatic rings. The zero-order valence-electron chi connectivity index (χ0n) is 13.4. The highest BCUT2D eigenvalue weighted by atomic mass is 79.9. The third-order valence-corrected chi connectivity index (χ3v) is 4.06. The van der Waals surface area contributed by atoms with Crippen LogP contribution in [0.5, 0.6) is 0 Å². The number of aryl methyl sites for hydroxylation is 2. The zero-order valence-corrected chi connectivity index (χ0v) is 15.0. The highest BCUT2D eigenvalue weighted by Crippen LogP contribution is 2.22. The minimum absolute atomic E-state index is 0.380. The van der Waals surface area contributed by atoms with Crippen molar-refractivity contribution in [2.45, 2.75) is 33.8 Å². The molecule has 122 valence electrons. The molecule has 0 saturated heterocycles. The number of hydrogen-bond donors (Lipinski definition) is 1. The second-order valence-electron chi connectivity index (χ2n) is 5.26. The normalized spacial score (nSPS) is 11.9. The number of carbonyl (C=O) groups is 2. The van der Waals surface area contributed by atoms with Crippen molar-refractivity contribution in [3.05, 3.63) is 51.4 Å². The van der Waals surface area contributed by atoms with Gasteiger partial charge in [0.15, 0.2) is 6.10 Å². The molecule has 0 aliphatic heterocycles. The zero-order chi connectivity index (χ0) is 17.1. The lowest BCUT2D eigenvalue weighted by Gasteiger charge is -2.13. The molecule has 0 bridgehead atoms. The molecule has 1 heterocycles. The van der Waals surface area contributed by atoms with Crippen LogP contribution in [-0.2, 0) is 9.53 Å². The van der Waals surface area contributed by atoms with E-state index < -0.39 is 18.0 Å². The number of furan rings is 1. The molecular weight excluding hydrogens is 362 g/mol. The van der Waals surface area contributed by atoms with Crippen LogP contribution in [0, 0.1) is 20.8 Å². The molecule has 1 unspecified atom stereocenters. The highest BCUT2D eigenvalue weighted by Gasteiger charge is 2.24. The first-order valence-electron chi connectivity index (χ1n) is 7.13. The van der Waals surface area contributed by atoms with Gasteiger partial charge >= 0.3 is 5.97 Å². The maximum atomic E-state index is 12.2. The van der Waals surface area contributed by atoms with Gasteiger partial charge < -0.3 is 14.5 Å². The Morgan fingerprint density at radius 2 is 1.74 bits per heavy atom. The minimum Gasteiger partial charge on any atom is -0.465 e. The van der Waals surface area contributed by atoms with E-state index in [2.05, 4.69) is 21.2 Å². The van der Waals surface area contributed by atoms with Crippen molar-refractivity contribution in [1.82, 2.24) is 0 Å². The number of rotatable bonds is 4. The van der Waals surface area contributed by atoms with Gasteiger partial charge in [-0.25, -0.2) is 4.79 Å². The topological polar surface area (TPSA) is 68.5 Å². The first kappa shape index (κ1) is 17.3. The van der Waals surface area contributed by atoms with Crippen molar-refractivity contribution in [2.75, 3.05) is 5.32 Å². The van der Waals surface area contributed by atoms with E-state index in [1.54, 1.807) is 32.9 Å². The molecule has 6 heteroatoms. The fraction of sp³-hybridized carbons (Fsp3) is 0.294. The van der Waals surface area contributed by atoms with E-state index in [0.717, 1.165) is 10.0 Å². The molecule has 1 N–H and O–H groups in total. The molecule has 5 nitrogen and oxygen atoms in total. The van der Waals surface area contributed by atoms with E-state index in [9.17, 15) is 9.59 Å². The molecule has 1 atom stereocenters. The van der Waals surface area contributed by atoms with Gasteiger partial charge in [-0.3, -0.25) is 4.79 Å². The third kappa shape index (κ3) is 4.01. The first-order valence-corrected chi connectivity index (χ1v) is 7.93. The lowest BCUT2D eigenvalue weighted by atomic mass is 10.1. The van der Waals surface area contributed by atoms with Crippen LogP contribution in [0.15, 0.2) is 33.2 Å². The predicted molar refractivity (Wildman–Crippen MR) is 90.6 cm³/mol. The van der Waals surface area contributed by atoms with Crippen LogP contribution in [0.1, 0.15) is 34.4 Å². The van der Waals surface area contributed by atoms with Gasteiger partial charge in [0.05, 0.1) is 0 Å². The fourth-order valence-electron chi connectivity index (χ4n) is 2.14. The second kappa shape index (κ2) is 7.00. The Bertz CT molecular complexity index is 734. The SMILES string of the molecule is Cc1oc(C)c(C(=O)OC(C)C(=O)Nc2ccc(Br)cc2)c1C. The fourth-order valence-corrected chi connectivity index (χ4v) is 2.41. The molecule has 1 amide bonds. The van der Waals surface area contributed by atoms with Gasteiger partial charge in [-0.1, -0.05) is 15.9 Å². The van der Waals surface area contributed by atoms with Gasteiger partial charge in [0.25, 0.3) is 5.91 Å². The van der Waals surface area contributed by atoms with Crippen molar-refractivity contribution in [1.29, 1.82) is 0 Å². The summed E-state index contributed by atoms with van der Waals surface area (Å²) in [6.45, 7) is 6.80.